The lowest BCUT2D eigenvalue weighted by Gasteiger charge is -2.01. The van der Waals surface area contributed by atoms with Crippen molar-refractivity contribution in [3.05, 3.63) is 35.7 Å². The topological polar surface area (TPSA) is 85.2 Å². The van der Waals surface area contributed by atoms with Crippen molar-refractivity contribution in [1.82, 2.24) is 10.1 Å². The van der Waals surface area contributed by atoms with Crippen molar-refractivity contribution in [3.63, 3.8) is 0 Å². The summed E-state index contributed by atoms with van der Waals surface area (Å²) in [6.07, 6.45) is -0.714. The molecule has 0 saturated heterocycles. The maximum atomic E-state index is 13.0. The predicted molar refractivity (Wildman–Crippen MR) is 58.3 cm³/mol. The Hall–Kier alpha value is -1.86. The van der Waals surface area contributed by atoms with Gasteiger partial charge in [-0.1, -0.05) is 5.16 Å². The van der Waals surface area contributed by atoms with Gasteiger partial charge in [-0.3, -0.25) is 0 Å². The molecule has 2 aromatic rings. The highest BCUT2D eigenvalue weighted by atomic mass is 19.1. The average molecular weight is 255 g/mol. The van der Waals surface area contributed by atoms with Gasteiger partial charge < -0.3 is 15.4 Å². The highest BCUT2D eigenvalue weighted by molar-refractivity contribution is 5.54. The van der Waals surface area contributed by atoms with Gasteiger partial charge in [-0.2, -0.15) is 4.98 Å². The van der Waals surface area contributed by atoms with Crippen molar-refractivity contribution >= 4 is 0 Å². The zero-order chi connectivity index (χ0) is 13.1. The predicted octanol–water partition coefficient (Wildman–Crippen LogP) is 1.40. The van der Waals surface area contributed by atoms with Crippen LogP contribution < -0.4 is 5.73 Å². The fourth-order valence-electron chi connectivity index (χ4n) is 1.45. The second-order valence-electron chi connectivity index (χ2n) is 3.71. The standard InChI is InChI=1S/C11H11F2N3O2/c12-7-3-6(4-8(13)5-7)10-15-11(18-16-10)9(17)1-2-14/h3-5,9,17H,1-2,14H2. The van der Waals surface area contributed by atoms with E-state index >= 15 is 0 Å². The number of aliphatic hydroxyl groups excluding tert-OH is 1. The smallest absolute Gasteiger partial charge is 0.255 e. The Morgan fingerprint density at radius 3 is 2.56 bits per heavy atom. The lowest BCUT2D eigenvalue weighted by Crippen LogP contribution is -2.06. The van der Waals surface area contributed by atoms with Gasteiger partial charge in [0.25, 0.3) is 5.89 Å². The SMILES string of the molecule is NCCC(O)c1nc(-c2cc(F)cc(F)c2)no1. The van der Waals surface area contributed by atoms with E-state index < -0.39 is 17.7 Å². The molecule has 96 valence electrons. The molecule has 3 N–H and O–H groups in total. The Balaban J connectivity index is 2.29. The lowest BCUT2D eigenvalue weighted by atomic mass is 10.2. The maximum absolute atomic E-state index is 13.0. The van der Waals surface area contributed by atoms with E-state index in [0.717, 1.165) is 18.2 Å². The maximum Gasteiger partial charge on any atom is 0.255 e. The number of hydrogen-bond donors (Lipinski definition) is 2. The van der Waals surface area contributed by atoms with Gasteiger partial charge in [-0.05, 0) is 25.1 Å². The third kappa shape index (κ3) is 2.69. The first-order valence-electron chi connectivity index (χ1n) is 5.28. The van der Waals surface area contributed by atoms with Crippen LogP contribution in [0.1, 0.15) is 18.4 Å². The van der Waals surface area contributed by atoms with E-state index in [2.05, 4.69) is 10.1 Å². The van der Waals surface area contributed by atoms with Gasteiger partial charge in [0.15, 0.2) is 0 Å². The number of nitrogens with zero attached hydrogens (tertiary/aromatic N) is 2. The van der Waals surface area contributed by atoms with Gasteiger partial charge in [-0.15, -0.1) is 0 Å². The van der Waals surface area contributed by atoms with Gasteiger partial charge >= 0.3 is 0 Å². The summed E-state index contributed by atoms with van der Waals surface area (Å²) in [5, 5.41) is 13.1. The van der Waals surface area contributed by atoms with E-state index in [9.17, 15) is 13.9 Å². The van der Waals surface area contributed by atoms with Gasteiger partial charge in [0.2, 0.25) is 5.82 Å². The number of nitrogens with two attached hydrogens (primary N) is 1. The Labute approximate surface area is 101 Å². The largest absolute Gasteiger partial charge is 0.383 e. The number of aliphatic hydroxyl groups is 1. The molecule has 18 heavy (non-hydrogen) atoms. The van der Waals surface area contributed by atoms with Crippen LogP contribution >= 0.6 is 0 Å². The second-order valence-corrected chi connectivity index (χ2v) is 3.71. The Morgan fingerprint density at radius 2 is 1.94 bits per heavy atom. The fourth-order valence-corrected chi connectivity index (χ4v) is 1.45. The zero-order valence-corrected chi connectivity index (χ0v) is 9.31. The van der Waals surface area contributed by atoms with Crippen LogP contribution in [0.3, 0.4) is 0 Å². The summed E-state index contributed by atoms with van der Waals surface area (Å²) in [6, 6.07) is 2.90. The van der Waals surface area contributed by atoms with Gasteiger partial charge in [0.05, 0.1) is 0 Å². The molecule has 0 saturated carbocycles. The molecule has 5 nitrogen and oxygen atoms in total. The summed E-state index contributed by atoms with van der Waals surface area (Å²) in [6.45, 7) is 0.257. The molecular formula is C11H11F2N3O2. The van der Waals surface area contributed by atoms with E-state index in [-0.39, 0.29) is 30.2 Å². The molecule has 7 heteroatoms. The van der Waals surface area contributed by atoms with Crippen LogP contribution in [0.2, 0.25) is 0 Å². The summed E-state index contributed by atoms with van der Waals surface area (Å²) < 4.78 is 30.8. The van der Waals surface area contributed by atoms with Crippen molar-refractivity contribution in [3.8, 4) is 11.4 Å². The van der Waals surface area contributed by atoms with Crippen LogP contribution in [0.5, 0.6) is 0 Å². The highest BCUT2D eigenvalue weighted by Gasteiger charge is 2.16. The van der Waals surface area contributed by atoms with Crippen LogP contribution in [-0.2, 0) is 0 Å². The number of benzene rings is 1. The average Bonchev–Trinajstić information content (AvgIpc) is 2.77. The van der Waals surface area contributed by atoms with Crippen LogP contribution in [0.4, 0.5) is 8.78 Å². The van der Waals surface area contributed by atoms with E-state index in [4.69, 9.17) is 10.3 Å². The first kappa shape index (κ1) is 12.6. The molecule has 1 aromatic carbocycles. The molecule has 1 heterocycles. The van der Waals surface area contributed by atoms with Crippen molar-refractivity contribution in [2.75, 3.05) is 6.54 Å². The Morgan fingerprint density at radius 1 is 1.28 bits per heavy atom. The molecule has 0 aliphatic rings. The van der Waals surface area contributed by atoms with E-state index in [1.54, 1.807) is 0 Å². The van der Waals surface area contributed by atoms with Crippen LogP contribution in [0.25, 0.3) is 11.4 Å². The highest BCUT2D eigenvalue weighted by Crippen LogP contribution is 2.21. The van der Waals surface area contributed by atoms with E-state index in [1.807, 2.05) is 0 Å². The first-order valence-corrected chi connectivity index (χ1v) is 5.28. The molecule has 1 aromatic heterocycles. The van der Waals surface area contributed by atoms with Crippen LogP contribution in [0.15, 0.2) is 22.7 Å². The Kier molecular flexibility index (Phi) is 3.63. The summed E-state index contributed by atoms with van der Waals surface area (Å²) in [5.74, 6) is -1.49. The molecule has 0 radical (unpaired) electrons. The number of aromatic nitrogens is 2. The zero-order valence-electron chi connectivity index (χ0n) is 9.31. The van der Waals surface area contributed by atoms with Crippen molar-refractivity contribution in [1.29, 1.82) is 0 Å². The lowest BCUT2D eigenvalue weighted by molar-refractivity contribution is 0.127. The van der Waals surface area contributed by atoms with E-state index in [1.165, 1.54) is 0 Å². The van der Waals surface area contributed by atoms with Crippen molar-refractivity contribution in [2.24, 2.45) is 5.73 Å². The molecule has 0 aliphatic carbocycles. The second kappa shape index (κ2) is 5.19. The molecule has 1 unspecified atom stereocenters. The quantitative estimate of drug-likeness (QED) is 0.862. The summed E-state index contributed by atoms with van der Waals surface area (Å²) >= 11 is 0. The molecule has 2 rings (SSSR count). The molecule has 0 spiro atoms. The van der Waals surface area contributed by atoms with Gasteiger partial charge in [0.1, 0.15) is 17.7 Å². The van der Waals surface area contributed by atoms with E-state index in [0.29, 0.717) is 0 Å². The van der Waals surface area contributed by atoms with Crippen molar-refractivity contribution < 1.29 is 18.4 Å². The number of rotatable bonds is 4. The Bertz CT molecular complexity index is 525. The van der Waals surface area contributed by atoms with Crippen LogP contribution in [-0.4, -0.2) is 21.8 Å². The first-order chi connectivity index (χ1) is 8.60. The molecule has 0 fully saturated rings. The van der Waals surface area contributed by atoms with Crippen molar-refractivity contribution in [2.45, 2.75) is 12.5 Å². The molecule has 0 amide bonds. The number of hydrogen-bond acceptors (Lipinski definition) is 5. The molecule has 0 aliphatic heterocycles. The summed E-state index contributed by atoms with van der Waals surface area (Å²) in [4.78, 5) is 3.86. The normalized spacial score (nSPS) is 12.7. The minimum atomic E-state index is -0.977. The summed E-state index contributed by atoms with van der Waals surface area (Å²) in [5.41, 5.74) is 5.42. The summed E-state index contributed by atoms with van der Waals surface area (Å²) in [7, 11) is 0. The number of halogens is 2. The van der Waals surface area contributed by atoms with Gasteiger partial charge in [0, 0.05) is 11.6 Å². The third-order valence-corrected chi connectivity index (χ3v) is 2.29. The van der Waals surface area contributed by atoms with Crippen LogP contribution in [0, 0.1) is 11.6 Å². The molecule has 1 atom stereocenters. The monoisotopic (exact) mass is 255 g/mol. The third-order valence-electron chi connectivity index (χ3n) is 2.29. The fraction of sp³-hybridized carbons (Fsp3) is 0.273. The molecular weight excluding hydrogens is 244 g/mol. The van der Waals surface area contributed by atoms with Gasteiger partial charge in [-0.25, -0.2) is 8.78 Å². The molecule has 0 bridgehead atoms. The minimum absolute atomic E-state index is 0.0134. The minimum Gasteiger partial charge on any atom is -0.383 e.